The molecular weight excluding hydrogens is 410 g/mol. The van der Waals surface area contributed by atoms with Gasteiger partial charge in [-0.3, -0.25) is 14.2 Å². The number of halogens is 2. The second-order valence-electron chi connectivity index (χ2n) is 6.30. The maximum Gasteiger partial charge on any atom is 0.285 e. The number of hydrogen-bond donors (Lipinski definition) is 2. The molecule has 0 saturated carbocycles. The number of carbonyl (C=O) groups is 1. The average molecular weight is 430 g/mol. The summed E-state index contributed by atoms with van der Waals surface area (Å²) in [6.45, 7) is 2.35. The van der Waals surface area contributed by atoms with Crippen LogP contribution < -0.4 is 15.0 Å². The minimum absolute atomic E-state index is 0.131. The van der Waals surface area contributed by atoms with E-state index in [0.29, 0.717) is 25.6 Å². The van der Waals surface area contributed by atoms with E-state index in [1.54, 1.807) is 11.6 Å². The molecule has 1 atom stereocenters. The van der Waals surface area contributed by atoms with Gasteiger partial charge in [-0.25, -0.2) is 21.9 Å². The van der Waals surface area contributed by atoms with E-state index in [-0.39, 0.29) is 22.3 Å². The molecule has 8 nitrogen and oxygen atoms in total. The van der Waals surface area contributed by atoms with E-state index in [4.69, 9.17) is 4.74 Å². The van der Waals surface area contributed by atoms with Crippen LogP contribution in [0.15, 0.2) is 35.3 Å². The predicted octanol–water partition coefficient (Wildman–Crippen LogP) is 1.67. The molecule has 1 aromatic heterocycles. The highest BCUT2D eigenvalue weighted by Crippen LogP contribution is 2.28. The minimum atomic E-state index is -4.81. The Bertz CT molecular complexity index is 1100. The first kappa shape index (κ1) is 22.5. The van der Waals surface area contributed by atoms with Gasteiger partial charge in [-0.2, -0.15) is 0 Å². The van der Waals surface area contributed by atoms with E-state index in [2.05, 4.69) is 0 Å². The van der Waals surface area contributed by atoms with Gasteiger partial charge in [-0.15, -0.1) is 0 Å². The number of hydrogen-bond acceptors (Lipinski definition) is 6. The van der Waals surface area contributed by atoms with Crippen LogP contribution in [0.1, 0.15) is 26.7 Å². The van der Waals surface area contributed by atoms with Gasteiger partial charge in [-0.05, 0) is 18.6 Å². The second-order valence-corrected chi connectivity index (χ2v) is 8.29. The Balaban J connectivity index is 2.53. The number of amides is 1. The van der Waals surface area contributed by atoms with E-state index < -0.39 is 43.7 Å². The van der Waals surface area contributed by atoms with Crippen molar-refractivity contribution >= 4 is 15.9 Å². The first-order chi connectivity index (χ1) is 13.4. The molecule has 2 N–H and O–H groups in total. The Kier molecular flexibility index (Phi) is 6.43. The van der Waals surface area contributed by atoms with Gasteiger partial charge < -0.3 is 9.84 Å². The third-order valence-electron chi connectivity index (χ3n) is 4.15. The first-order valence-electron chi connectivity index (χ1n) is 8.48. The summed E-state index contributed by atoms with van der Waals surface area (Å²) < 4.78 is 60.2. The molecule has 158 valence electrons. The number of aromatic nitrogens is 1. The number of carbonyl (C=O) groups excluding carboxylic acids is 1. The van der Waals surface area contributed by atoms with Gasteiger partial charge in [0, 0.05) is 42.8 Å². The molecule has 29 heavy (non-hydrogen) atoms. The van der Waals surface area contributed by atoms with Gasteiger partial charge in [0.25, 0.3) is 20.6 Å². The van der Waals surface area contributed by atoms with Crippen LogP contribution in [0.4, 0.5) is 8.78 Å². The number of aliphatic hydroxyl groups is 1. The van der Waals surface area contributed by atoms with Crippen molar-refractivity contribution in [3.05, 3.63) is 52.5 Å². The van der Waals surface area contributed by atoms with Gasteiger partial charge in [-0.1, -0.05) is 6.92 Å². The van der Waals surface area contributed by atoms with Crippen LogP contribution in [0.5, 0.6) is 5.75 Å². The Morgan fingerprint density at radius 3 is 2.45 bits per heavy atom. The number of ether oxygens (including phenoxy) is 1. The molecule has 0 saturated heterocycles. The third kappa shape index (κ3) is 4.46. The first-order valence-corrected chi connectivity index (χ1v) is 9.97. The number of rotatable bonds is 7. The molecule has 0 bridgehead atoms. The summed E-state index contributed by atoms with van der Waals surface area (Å²) in [5.41, 5.74) is -1.82. The lowest BCUT2D eigenvalue weighted by molar-refractivity contribution is -0.119. The smallest absolute Gasteiger partial charge is 0.285 e. The normalized spacial score (nSPS) is 13.6. The van der Waals surface area contributed by atoms with Crippen molar-refractivity contribution in [2.75, 3.05) is 7.11 Å². The molecular formula is C18H20F2N2O6S. The van der Waals surface area contributed by atoms with Crippen molar-refractivity contribution in [3.63, 3.8) is 0 Å². The van der Waals surface area contributed by atoms with Crippen LogP contribution in [0.3, 0.4) is 0 Å². The summed E-state index contributed by atoms with van der Waals surface area (Å²) in [6, 6.07) is 4.19. The van der Waals surface area contributed by atoms with Gasteiger partial charge in [0.15, 0.2) is 0 Å². The van der Waals surface area contributed by atoms with Gasteiger partial charge in [0.2, 0.25) is 5.91 Å². The quantitative estimate of drug-likeness (QED) is 0.691. The highest BCUT2D eigenvalue weighted by Gasteiger charge is 2.41. The molecule has 0 unspecified atom stereocenters. The van der Waals surface area contributed by atoms with E-state index in [1.807, 2.05) is 0 Å². The highest BCUT2D eigenvalue weighted by molar-refractivity contribution is 7.90. The molecule has 0 spiro atoms. The Morgan fingerprint density at radius 2 is 1.90 bits per heavy atom. The highest BCUT2D eigenvalue weighted by atomic mass is 32.2. The summed E-state index contributed by atoms with van der Waals surface area (Å²) in [5, 5.41) is 7.44. The maximum absolute atomic E-state index is 14.6. The molecule has 0 fully saturated rings. The molecule has 1 heterocycles. The number of pyridine rings is 1. The lowest BCUT2D eigenvalue weighted by Crippen LogP contribution is -2.51. The van der Waals surface area contributed by atoms with Crippen molar-refractivity contribution in [3.8, 4) is 16.9 Å². The SMILES string of the molecule is CCCC(=O)NS(=O)(=O)[C@@](C)(O)n1cc(F)c(-c2ccc(OC)cc2F)cc1=O. The molecule has 0 aliphatic heterocycles. The summed E-state index contributed by atoms with van der Waals surface area (Å²) >= 11 is 0. The number of methoxy groups -OCH3 is 1. The van der Waals surface area contributed by atoms with Crippen LogP contribution in [0, 0.1) is 11.6 Å². The van der Waals surface area contributed by atoms with Crippen LogP contribution in [-0.2, 0) is 19.9 Å². The molecule has 0 aliphatic carbocycles. The Labute approximate surface area is 165 Å². The molecule has 2 rings (SSSR count). The van der Waals surface area contributed by atoms with Crippen molar-refractivity contribution < 1.29 is 31.8 Å². The predicted molar refractivity (Wildman–Crippen MR) is 100 cm³/mol. The van der Waals surface area contributed by atoms with E-state index >= 15 is 0 Å². The standard InChI is InChI=1S/C18H20F2N2O6S/c1-4-5-16(23)21-29(26,27)18(2,25)22-10-15(20)13(9-17(22)24)12-7-6-11(28-3)8-14(12)19/h6-10,25H,4-5H2,1-3H3,(H,21,23)/t18-/m1/s1. The fourth-order valence-corrected chi connectivity index (χ4v) is 3.53. The summed E-state index contributed by atoms with van der Waals surface area (Å²) in [5.74, 6) is -2.74. The number of nitrogens with one attached hydrogen (secondary N) is 1. The molecule has 1 amide bonds. The minimum Gasteiger partial charge on any atom is -0.497 e. The molecule has 0 radical (unpaired) electrons. The zero-order valence-electron chi connectivity index (χ0n) is 15.9. The van der Waals surface area contributed by atoms with Crippen molar-refractivity contribution in [2.45, 2.75) is 31.7 Å². The van der Waals surface area contributed by atoms with Crippen LogP contribution >= 0.6 is 0 Å². The maximum atomic E-state index is 14.6. The number of sulfonamides is 1. The molecule has 0 aliphatic rings. The lowest BCUT2D eigenvalue weighted by atomic mass is 10.1. The van der Waals surface area contributed by atoms with Gasteiger partial charge >= 0.3 is 0 Å². The second kappa shape index (κ2) is 8.29. The van der Waals surface area contributed by atoms with Crippen molar-refractivity contribution in [2.24, 2.45) is 0 Å². The van der Waals surface area contributed by atoms with E-state index in [9.17, 15) is 31.9 Å². The topological polar surface area (TPSA) is 115 Å². The number of benzene rings is 1. The van der Waals surface area contributed by atoms with Gasteiger partial charge in [0.05, 0.1) is 7.11 Å². The van der Waals surface area contributed by atoms with Crippen LogP contribution in [0.25, 0.3) is 11.1 Å². The molecule has 2 aromatic rings. The fraction of sp³-hybridized carbons (Fsp3) is 0.333. The summed E-state index contributed by atoms with van der Waals surface area (Å²) in [6.07, 6.45) is 0.652. The number of nitrogens with zero attached hydrogens (tertiary/aromatic N) is 1. The third-order valence-corrected chi connectivity index (χ3v) is 5.86. The van der Waals surface area contributed by atoms with E-state index in [1.165, 1.54) is 19.2 Å². The van der Waals surface area contributed by atoms with Crippen LogP contribution in [0.2, 0.25) is 0 Å². The molecule has 11 heteroatoms. The summed E-state index contributed by atoms with van der Waals surface area (Å²) in [7, 11) is -3.49. The monoisotopic (exact) mass is 430 g/mol. The fourth-order valence-electron chi connectivity index (χ4n) is 2.53. The zero-order chi connectivity index (χ0) is 22.0. The lowest BCUT2D eigenvalue weighted by Gasteiger charge is -2.26. The Hall–Kier alpha value is -2.79. The van der Waals surface area contributed by atoms with Crippen LogP contribution in [-0.4, -0.2) is 31.1 Å². The van der Waals surface area contributed by atoms with E-state index in [0.717, 1.165) is 6.07 Å². The zero-order valence-corrected chi connectivity index (χ0v) is 16.7. The summed E-state index contributed by atoms with van der Waals surface area (Å²) in [4.78, 5) is 24.0. The molecule has 1 aromatic carbocycles. The average Bonchev–Trinajstić information content (AvgIpc) is 2.62. The van der Waals surface area contributed by atoms with Crippen molar-refractivity contribution in [1.29, 1.82) is 0 Å². The van der Waals surface area contributed by atoms with Crippen molar-refractivity contribution in [1.82, 2.24) is 9.29 Å². The van der Waals surface area contributed by atoms with Gasteiger partial charge in [0.1, 0.15) is 17.4 Å². The largest absolute Gasteiger partial charge is 0.497 e. The Morgan fingerprint density at radius 1 is 1.24 bits per heavy atom.